The Kier molecular flexibility index (Phi) is 4.59. The minimum atomic E-state index is -0.820. The molecule has 0 spiro atoms. The maximum atomic E-state index is 14.1. The number of nitrogens with one attached hydrogen (secondary N) is 2. The van der Waals surface area contributed by atoms with Gasteiger partial charge >= 0.3 is 11.7 Å². The van der Waals surface area contributed by atoms with Crippen LogP contribution in [0.4, 0.5) is 4.39 Å². The van der Waals surface area contributed by atoms with Crippen LogP contribution in [-0.2, 0) is 11.3 Å². The fourth-order valence-electron chi connectivity index (χ4n) is 3.40. The molecule has 0 fully saturated rings. The van der Waals surface area contributed by atoms with Crippen molar-refractivity contribution in [3.63, 3.8) is 0 Å². The maximum absolute atomic E-state index is 14.1. The summed E-state index contributed by atoms with van der Waals surface area (Å²) in [7, 11) is 0. The third-order valence-corrected chi connectivity index (χ3v) is 4.98. The summed E-state index contributed by atoms with van der Waals surface area (Å²) in [6.45, 7) is 0.00503. The van der Waals surface area contributed by atoms with E-state index in [1.54, 1.807) is 18.2 Å². The second kappa shape index (κ2) is 7.58. The fraction of sp³-hybridized carbons (Fsp3) is 0.0455. The summed E-state index contributed by atoms with van der Waals surface area (Å²) in [6.07, 6.45) is 0. The minimum absolute atomic E-state index is 0.00503. The molecule has 0 atom stereocenters. The number of H-pyrrole nitrogens is 2. The molecule has 0 bridgehead atoms. The smallest absolute Gasteiger partial charge is 0.338 e. The molecular formula is C22H14FN5O4. The van der Waals surface area contributed by atoms with Gasteiger partial charge in [0, 0.05) is 0 Å². The summed E-state index contributed by atoms with van der Waals surface area (Å²) in [5.74, 6) is -1.34. The van der Waals surface area contributed by atoms with Gasteiger partial charge < -0.3 is 9.72 Å². The minimum Gasteiger partial charge on any atom is -0.457 e. The van der Waals surface area contributed by atoms with E-state index in [2.05, 4.69) is 20.4 Å². The highest BCUT2D eigenvalue weighted by atomic mass is 19.1. The number of hydrogen-bond donors (Lipinski definition) is 2. The number of nitrogens with zero attached hydrogens (tertiary/aromatic N) is 3. The molecule has 0 amide bonds. The number of hydrogen-bond acceptors (Lipinski definition) is 6. The molecule has 5 aromatic rings. The van der Waals surface area contributed by atoms with Gasteiger partial charge in [-0.1, -0.05) is 18.2 Å². The number of rotatable bonds is 4. The summed E-state index contributed by atoms with van der Waals surface area (Å²) >= 11 is 0. The molecule has 158 valence electrons. The van der Waals surface area contributed by atoms with Crippen LogP contribution in [0.2, 0.25) is 0 Å². The molecule has 0 saturated carbocycles. The van der Waals surface area contributed by atoms with Crippen molar-refractivity contribution in [1.29, 1.82) is 0 Å². The number of halogens is 1. The highest BCUT2D eigenvalue weighted by Crippen LogP contribution is 2.15. The van der Waals surface area contributed by atoms with Crippen molar-refractivity contribution < 1.29 is 13.9 Å². The molecule has 3 aromatic carbocycles. The summed E-state index contributed by atoms with van der Waals surface area (Å²) in [5.41, 5.74) is 0.681. The monoisotopic (exact) mass is 431 g/mol. The van der Waals surface area contributed by atoms with Gasteiger partial charge in [-0.05, 0) is 48.0 Å². The molecule has 0 unspecified atom stereocenters. The first-order chi connectivity index (χ1) is 15.5. The molecule has 0 aliphatic heterocycles. The van der Waals surface area contributed by atoms with E-state index in [1.165, 1.54) is 36.4 Å². The van der Waals surface area contributed by atoms with Gasteiger partial charge in [0.1, 0.15) is 23.5 Å². The van der Waals surface area contributed by atoms with Crippen LogP contribution in [-0.4, -0.2) is 30.9 Å². The van der Waals surface area contributed by atoms with Gasteiger partial charge in [-0.25, -0.2) is 18.5 Å². The fourth-order valence-corrected chi connectivity index (χ4v) is 3.40. The summed E-state index contributed by atoms with van der Waals surface area (Å²) < 4.78 is 20.2. The molecule has 0 radical (unpaired) electrons. The van der Waals surface area contributed by atoms with Crippen molar-refractivity contribution in [3.8, 4) is 5.69 Å². The molecule has 2 aromatic heterocycles. The van der Waals surface area contributed by atoms with E-state index in [1.807, 2.05) is 0 Å². The summed E-state index contributed by atoms with van der Waals surface area (Å²) in [6, 6.07) is 14.9. The number of carbonyl (C=O) groups excluding carboxylic acids is 1. The van der Waals surface area contributed by atoms with Crippen LogP contribution >= 0.6 is 0 Å². The molecule has 32 heavy (non-hydrogen) atoms. The molecule has 10 heteroatoms. The van der Waals surface area contributed by atoms with Gasteiger partial charge in [0.05, 0.1) is 22.2 Å². The number of ether oxygens (including phenoxy) is 1. The Bertz CT molecular complexity index is 1620. The van der Waals surface area contributed by atoms with E-state index < -0.39 is 23.0 Å². The zero-order valence-corrected chi connectivity index (χ0v) is 16.3. The normalized spacial score (nSPS) is 11.2. The lowest BCUT2D eigenvalue weighted by Gasteiger charge is -2.09. The number of para-hydroxylation sites is 1. The number of benzene rings is 3. The Morgan fingerprint density at radius 3 is 2.66 bits per heavy atom. The van der Waals surface area contributed by atoms with Crippen LogP contribution < -0.4 is 11.2 Å². The SMILES string of the molecule is O=C(OCc1ccc2n[nH]nc2c1)c1ccc2c(=O)n(-c3ccccc3F)c(=O)[nH]c2c1. The van der Waals surface area contributed by atoms with Gasteiger partial charge in [-0.3, -0.25) is 4.79 Å². The Labute approximate surface area is 178 Å². The highest BCUT2D eigenvalue weighted by Gasteiger charge is 2.15. The molecular weight excluding hydrogens is 417 g/mol. The Morgan fingerprint density at radius 1 is 1.00 bits per heavy atom. The van der Waals surface area contributed by atoms with E-state index in [0.29, 0.717) is 11.0 Å². The predicted molar refractivity (Wildman–Crippen MR) is 113 cm³/mol. The first-order valence-electron chi connectivity index (χ1n) is 9.52. The molecule has 9 nitrogen and oxygen atoms in total. The average molecular weight is 431 g/mol. The van der Waals surface area contributed by atoms with Crippen LogP contribution in [0.5, 0.6) is 0 Å². The number of esters is 1. The van der Waals surface area contributed by atoms with E-state index in [9.17, 15) is 18.8 Å². The first kappa shape index (κ1) is 19.4. The summed E-state index contributed by atoms with van der Waals surface area (Å²) in [5, 5.41) is 10.6. The lowest BCUT2D eigenvalue weighted by molar-refractivity contribution is 0.0473. The first-order valence-corrected chi connectivity index (χ1v) is 9.52. The van der Waals surface area contributed by atoms with Crippen LogP contribution in [0, 0.1) is 5.82 Å². The van der Waals surface area contributed by atoms with Crippen molar-refractivity contribution in [1.82, 2.24) is 25.0 Å². The zero-order chi connectivity index (χ0) is 22.2. The largest absolute Gasteiger partial charge is 0.457 e. The number of aromatic nitrogens is 5. The molecule has 0 aliphatic rings. The molecule has 0 aliphatic carbocycles. The Morgan fingerprint density at radius 2 is 1.81 bits per heavy atom. The van der Waals surface area contributed by atoms with Crippen molar-refractivity contribution >= 4 is 27.9 Å². The van der Waals surface area contributed by atoms with Crippen LogP contribution in [0.25, 0.3) is 27.6 Å². The standard InChI is InChI=1S/C22H14FN5O4/c23-15-3-1-2-4-19(15)28-20(29)14-7-6-13(10-17(14)24-22(28)31)21(30)32-11-12-5-8-16-18(9-12)26-27-25-16/h1-10H,11H2,(H,24,31)(H,25,26,27). The summed E-state index contributed by atoms with van der Waals surface area (Å²) in [4.78, 5) is 40.3. The highest BCUT2D eigenvalue weighted by molar-refractivity contribution is 5.94. The van der Waals surface area contributed by atoms with E-state index >= 15 is 0 Å². The Balaban J connectivity index is 1.44. The van der Waals surface area contributed by atoms with Crippen LogP contribution in [0.3, 0.4) is 0 Å². The quantitative estimate of drug-likeness (QED) is 0.422. The lowest BCUT2D eigenvalue weighted by atomic mass is 10.1. The van der Waals surface area contributed by atoms with Crippen LogP contribution in [0.15, 0.2) is 70.3 Å². The molecule has 2 heterocycles. The van der Waals surface area contributed by atoms with Crippen molar-refractivity contribution in [3.05, 3.63) is 98.4 Å². The maximum Gasteiger partial charge on any atom is 0.338 e. The second-order valence-corrected chi connectivity index (χ2v) is 7.01. The second-order valence-electron chi connectivity index (χ2n) is 7.01. The van der Waals surface area contributed by atoms with E-state index in [-0.39, 0.29) is 28.8 Å². The van der Waals surface area contributed by atoms with E-state index in [4.69, 9.17) is 4.74 Å². The molecule has 5 rings (SSSR count). The van der Waals surface area contributed by atoms with Gasteiger partial charge in [0.25, 0.3) is 5.56 Å². The Hall–Kier alpha value is -4.60. The van der Waals surface area contributed by atoms with Crippen molar-refractivity contribution in [2.45, 2.75) is 6.61 Å². The van der Waals surface area contributed by atoms with Gasteiger partial charge in [-0.15, -0.1) is 0 Å². The number of aromatic amines is 2. The third-order valence-electron chi connectivity index (χ3n) is 4.98. The predicted octanol–water partition coefficient (Wildman–Crippen LogP) is 2.45. The third kappa shape index (κ3) is 3.33. The van der Waals surface area contributed by atoms with Crippen molar-refractivity contribution in [2.24, 2.45) is 0 Å². The molecule has 2 N–H and O–H groups in total. The number of fused-ring (bicyclic) bond motifs is 2. The lowest BCUT2D eigenvalue weighted by Crippen LogP contribution is -2.34. The number of carbonyl (C=O) groups is 1. The van der Waals surface area contributed by atoms with Crippen molar-refractivity contribution in [2.75, 3.05) is 0 Å². The topological polar surface area (TPSA) is 123 Å². The van der Waals surface area contributed by atoms with Gasteiger partial charge in [0.15, 0.2) is 0 Å². The molecule has 0 saturated heterocycles. The zero-order valence-electron chi connectivity index (χ0n) is 16.3. The van der Waals surface area contributed by atoms with Gasteiger partial charge in [-0.2, -0.15) is 15.4 Å². The van der Waals surface area contributed by atoms with Crippen LogP contribution in [0.1, 0.15) is 15.9 Å². The average Bonchev–Trinajstić information content (AvgIpc) is 3.26. The van der Waals surface area contributed by atoms with Gasteiger partial charge in [0.2, 0.25) is 0 Å². The van der Waals surface area contributed by atoms with E-state index in [0.717, 1.165) is 16.2 Å².